The third kappa shape index (κ3) is 3.74. The Kier molecular flexibility index (Phi) is 5.02. The van der Waals surface area contributed by atoms with E-state index in [1.165, 1.54) is 24.3 Å². The number of aryl methyl sites for hydroxylation is 1. The maximum atomic E-state index is 12.9. The Morgan fingerprint density at radius 2 is 1.88 bits per heavy atom. The highest BCUT2D eigenvalue weighted by molar-refractivity contribution is 6.00. The lowest BCUT2D eigenvalue weighted by atomic mass is 10.1. The smallest absolute Gasteiger partial charge is 0.338 e. The fourth-order valence-corrected chi connectivity index (χ4v) is 2.76. The summed E-state index contributed by atoms with van der Waals surface area (Å²) < 4.78 is 25.3. The Morgan fingerprint density at radius 3 is 2.54 bits per heavy atom. The van der Waals surface area contributed by atoms with Crippen molar-refractivity contribution >= 4 is 11.8 Å². The van der Waals surface area contributed by atoms with Gasteiger partial charge in [-0.25, -0.2) is 9.18 Å². The number of hydrogen-bond donors (Lipinski definition) is 0. The molecule has 0 saturated carbocycles. The third-order valence-corrected chi connectivity index (χ3v) is 4.18. The van der Waals surface area contributed by atoms with E-state index in [2.05, 4.69) is 0 Å². The summed E-state index contributed by atoms with van der Waals surface area (Å²) >= 11 is 0. The van der Waals surface area contributed by atoms with Crippen LogP contribution in [0, 0.1) is 19.7 Å². The molecule has 0 radical (unpaired) electrons. The minimum Gasteiger partial charge on any atom is -0.467 e. The van der Waals surface area contributed by atoms with Crippen LogP contribution in [0.5, 0.6) is 0 Å². The standard InChI is InChI=1S/C20H18FNO4/c1-13-10-18(14(2)22(13)11-17-4-3-9-25-17)19(23)12-26-20(24)15-5-7-16(21)8-6-15/h3-10H,11-12H2,1-2H3. The molecule has 0 bridgehead atoms. The van der Waals surface area contributed by atoms with Crippen LogP contribution < -0.4 is 0 Å². The number of halogens is 1. The van der Waals surface area contributed by atoms with E-state index in [0.29, 0.717) is 12.1 Å². The highest BCUT2D eigenvalue weighted by Crippen LogP contribution is 2.18. The molecule has 0 amide bonds. The molecule has 0 N–H and O–H groups in total. The van der Waals surface area contributed by atoms with E-state index in [4.69, 9.17) is 9.15 Å². The molecular formula is C20H18FNO4. The average molecular weight is 355 g/mol. The maximum Gasteiger partial charge on any atom is 0.338 e. The summed E-state index contributed by atoms with van der Waals surface area (Å²) in [6, 6.07) is 10.4. The van der Waals surface area contributed by atoms with Gasteiger partial charge < -0.3 is 13.7 Å². The normalized spacial score (nSPS) is 10.7. The number of esters is 1. The van der Waals surface area contributed by atoms with Crippen LogP contribution in [0.3, 0.4) is 0 Å². The van der Waals surface area contributed by atoms with Crippen molar-refractivity contribution < 1.29 is 23.1 Å². The van der Waals surface area contributed by atoms with Gasteiger partial charge >= 0.3 is 5.97 Å². The van der Waals surface area contributed by atoms with Crippen LogP contribution in [0.1, 0.15) is 37.9 Å². The first kappa shape index (κ1) is 17.7. The van der Waals surface area contributed by atoms with E-state index in [9.17, 15) is 14.0 Å². The number of ketones is 1. The molecule has 0 aliphatic carbocycles. The summed E-state index contributed by atoms with van der Waals surface area (Å²) in [7, 11) is 0. The van der Waals surface area contributed by atoms with Gasteiger partial charge in [-0.2, -0.15) is 0 Å². The molecular weight excluding hydrogens is 337 g/mol. The second-order valence-electron chi connectivity index (χ2n) is 5.96. The number of aromatic nitrogens is 1. The number of ether oxygens (including phenoxy) is 1. The molecule has 0 saturated heterocycles. The van der Waals surface area contributed by atoms with Crippen molar-refractivity contribution in [3.05, 3.63) is 82.8 Å². The fraction of sp³-hybridized carbons (Fsp3) is 0.200. The number of nitrogens with zero attached hydrogens (tertiary/aromatic N) is 1. The van der Waals surface area contributed by atoms with E-state index in [-0.39, 0.29) is 18.0 Å². The lowest BCUT2D eigenvalue weighted by molar-refractivity contribution is 0.0474. The van der Waals surface area contributed by atoms with Crippen molar-refractivity contribution in [1.82, 2.24) is 4.57 Å². The summed E-state index contributed by atoms with van der Waals surface area (Å²) in [5.74, 6) is -0.614. The zero-order valence-corrected chi connectivity index (χ0v) is 14.5. The molecule has 0 aliphatic rings. The molecule has 5 nitrogen and oxygen atoms in total. The SMILES string of the molecule is Cc1cc(C(=O)COC(=O)c2ccc(F)cc2)c(C)n1Cc1ccco1. The largest absolute Gasteiger partial charge is 0.467 e. The molecule has 3 rings (SSSR count). The predicted molar refractivity (Wildman–Crippen MR) is 92.7 cm³/mol. The Morgan fingerprint density at radius 1 is 1.15 bits per heavy atom. The molecule has 0 fully saturated rings. The predicted octanol–water partition coefficient (Wildman–Crippen LogP) is 3.93. The Labute approximate surface area is 150 Å². The highest BCUT2D eigenvalue weighted by atomic mass is 19.1. The van der Waals surface area contributed by atoms with E-state index in [1.807, 2.05) is 30.5 Å². The van der Waals surface area contributed by atoms with Crippen molar-refractivity contribution in [2.24, 2.45) is 0 Å². The van der Waals surface area contributed by atoms with Gasteiger partial charge in [-0.05, 0) is 56.3 Å². The summed E-state index contributed by atoms with van der Waals surface area (Å²) in [4.78, 5) is 24.4. The maximum absolute atomic E-state index is 12.9. The number of rotatable bonds is 6. The van der Waals surface area contributed by atoms with Gasteiger partial charge in [0.15, 0.2) is 6.61 Å². The van der Waals surface area contributed by atoms with Crippen molar-refractivity contribution in [2.75, 3.05) is 6.61 Å². The number of Topliss-reactive ketones (excluding diaryl/α,β-unsaturated/α-hetero) is 1. The number of carbonyl (C=O) groups is 2. The third-order valence-electron chi connectivity index (χ3n) is 4.18. The van der Waals surface area contributed by atoms with Crippen LogP contribution in [-0.4, -0.2) is 22.9 Å². The number of hydrogen-bond acceptors (Lipinski definition) is 4. The van der Waals surface area contributed by atoms with Gasteiger partial charge in [0, 0.05) is 17.0 Å². The molecule has 1 aromatic carbocycles. The quantitative estimate of drug-likeness (QED) is 0.497. The van der Waals surface area contributed by atoms with Gasteiger partial charge in [-0.3, -0.25) is 4.79 Å². The van der Waals surface area contributed by atoms with Crippen molar-refractivity contribution in [1.29, 1.82) is 0 Å². The molecule has 134 valence electrons. The van der Waals surface area contributed by atoms with E-state index >= 15 is 0 Å². The molecule has 3 aromatic rings. The van der Waals surface area contributed by atoms with E-state index in [1.54, 1.807) is 12.3 Å². The van der Waals surface area contributed by atoms with Gasteiger partial charge in [-0.15, -0.1) is 0 Å². The van der Waals surface area contributed by atoms with Gasteiger partial charge in [0.05, 0.1) is 18.4 Å². The molecule has 2 aromatic heterocycles. The minimum atomic E-state index is -0.664. The Balaban J connectivity index is 1.68. The van der Waals surface area contributed by atoms with Crippen LogP contribution in [0.4, 0.5) is 4.39 Å². The lowest BCUT2D eigenvalue weighted by Crippen LogP contribution is -2.15. The number of furan rings is 1. The molecule has 6 heteroatoms. The summed E-state index contributed by atoms with van der Waals surface area (Å²) in [6.07, 6.45) is 1.60. The first-order valence-electron chi connectivity index (χ1n) is 8.10. The summed E-state index contributed by atoms with van der Waals surface area (Å²) in [5.41, 5.74) is 2.39. The van der Waals surface area contributed by atoms with Crippen LogP contribution in [0.25, 0.3) is 0 Å². The fourth-order valence-electron chi connectivity index (χ4n) is 2.76. The highest BCUT2D eigenvalue weighted by Gasteiger charge is 2.18. The van der Waals surface area contributed by atoms with Gasteiger partial charge in [0.25, 0.3) is 0 Å². The second kappa shape index (κ2) is 7.39. The Bertz CT molecular complexity index is 924. The van der Waals surface area contributed by atoms with Crippen molar-refractivity contribution in [3.63, 3.8) is 0 Å². The molecule has 0 unspecified atom stereocenters. The van der Waals surface area contributed by atoms with Crippen molar-refractivity contribution in [3.8, 4) is 0 Å². The minimum absolute atomic E-state index is 0.197. The van der Waals surface area contributed by atoms with E-state index in [0.717, 1.165) is 17.1 Å². The van der Waals surface area contributed by atoms with Crippen molar-refractivity contribution in [2.45, 2.75) is 20.4 Å². The summed E-state index contributed by atoms with van der Waals surface area (Å²) in [6.45, 7) is 3.89. The Hall–Kier alpha value is -3.15. The lowest BCUT2D eigenvalue weighted by Gasteiger charge is -2.08. The monoisotopic (exact) mass is 355 g/mol. The van der Waals surface area contributed by atoms with Crippen LogP contribution >= 0.6 is 0 Å². The van der Waals surface area contributed by atoms with Crippen LogP contribution in [0.15, 0.2) is 53.1 Å². The van der Waals surface area contributed by atoms with Crippen LogP contribution in [-0.2, 0) is 11.3 Å². The zero-order chi connectivity index (χ0) is 18.7. The zero-order valence-electron chi connectivity index (χ0n) is 14.5. The molecule has 0 atom stereocenters. The van der Waals surface area contributed by atoms with Gasteiger partial charge in [0.2, 0.25) is 5.78 Å². The van der Waals surface area contributed by atoms with Gasteiger partial charge in [0.1, 0.15) is 11.6 Å². The van der Waals surface area contributed by atoms with Crippen LogP contribution in [0.2, 0.25) is 0 Å². The summed E-state index contributed by atoms with van der Waals surface area (Å²) in [5, 5.41) is 0. The molecule has 2 heterocycles. The topological polar surface area (TPSA) is 61.4 Å². The average Bonchev–Trinajstić information content (AvgIpc) is 3.24. The molecule has 0 spiro atoms. The molecule has 26 heavy (non-hydrogen) atoms. The second-order valence-corrected chi connectivity index (χ2v) is 5.96. The molecule has 0 aliphatic heterocycles. The first-order valence-corrected chi connectivity index (χ1v) is 8.10. The van der Waals surface area contributed by atoms with E-state index < -0.39 is 11.8 Å². The first-order chi connectivity index (χ1) is 12.5. The van der Waals surface area contributed by atoms with Gasteiger partial charge in [-0.1, -0.05) is 0 Å². The number of carbonyl (C=O) groups excluding carboxylic acids is 2. The number of benzene rings is 1.